The summed E-state index contributed by atoms with van der Waals surface area (Å²) in [6.45, 7) is 4.64. The lowest BCUT2D eigenvalue weighted by molar-refractivity contribution is 0.101. The first-order valence-electron chi connectivity index (χ1n) is 5.32. The molecule has 0 aromatic heterocycles. The molecule has 0 heterocycles. The molecule has 5 heteroatoms. The first kappa shape index (κ1) is 14.1. The molecule has 0 amide bonds. The molecule has 0 fully saturated rings. The molecule has 0 aliphatic heterocycles. The Morgan fingerprint density at radius 2 is 1.76 bits per heavy atom. The maximum Gasteiger partial charge on any atom is 0.181 e. The van der Waals surface area contributed by atoms with Gasteiger partial charge in [-0.2, -0.15) is 0 Å². The predicted molar refractivity (Wildman–Crippen MR) is 68.8 cm³/mol. The van der Waals surface area contributed by atoms with Gasteiger partial charge in [-0.1, -0.05) is 11.6 Å². The van der Waals surface area contributed by atoms with E-state index in [1.807, 2.05) is 13.8 Å². The Hall–Kier alpha value is -0.930. The number of Topliss-reactive ketones (excluding diaryl/α,β-unsaturated/α-hetero) is 1. The lowest BCUT2D eigenvalue weighted by atomic mass is 10.1. The van der Waals surface area contributed by atoms with Gasteiger partial charge in [0.2, 0.25) is 0 Å². The standard InChI is InChI=1S/C12H14Cl2O3/c1-3-16-11-6-12(17-4-2)9(14)5-8(11)10(15)7-13/h5-6H,3-4,7H2,1-2H3. The van der Waals surface area contributed by atoms with Crippen LogP contribution in [0.3, 0.4) is 0 Å². The molecule has 0 spiro atoms. The predicted octanol–water partition coefficient (Wildman–Crippen LogP) is 3.56. The van der Waals surface area contributed by atoms with E-state index in [4.69, 9.17) is 32.7 Å². The second kappa shape index (κ2) is 6.72. The average molecular weight is 277 g/mol. The maximum absolute atomic E-state index is 11.6. The van der Waals surface area contributed by atoms with Crippen molar-refractivity contribution < 1.29 is 14.3 Å². The number of carbonyl (C=O) groups is 1. The SMILES string of the molecule is CCOc1cc(OCC)c(C(=O)CCl)cc1Cl. The smallest absolute Gasteiger partial charge is 0.181 e. The molecule has 1 aromatic rings. The highest BCUT2D eigenvalue weighted by Gasteiger charge is 2.16. The molecule has 0 unspecified atom stereocenters. The van der Waals surface area contributed by atoms with Crippen LogP contribution in [0, 0.1) is 0 Å². The average Bonchev–Trinajstić information content (AvgIpc) is 2.32. The number of carbonyl (C=O) groups excluding carboxylic acids is 1. The van der Waals surface area contributed by atoms with Gasteiger partial charge in [-0.25, -0.2) is 0 Å². The largest absolute Gasteiger partial charge is 0.493 e. The number of hydrogen-bond donors (Lipinski definition) is 0. The molecule has 0 saturated carbocycles. The molecular weight excluding hydrogens is 263 g/mol. The van der Waals surface area contributed by atoms with Crippen LogP contribution in [0.1, 0.15) is 24.2 Å². The fraction of sp³-hybridized carbons (Fsp3) is 0.417. The van der Waals surface area contributed by atoms with Crippen molar-refractivity contribution in [1.29, 1.82) is 0 Å². The highest BCUT2D eigenvalue weighted by Crippen LogP contribution is 2.33. The van der Waals surface area contributed by atoms with E-state index < -0.39 is 0 Å². The van der Waals surface area contributed by atoms with Crippen LogP contribution in [-0.4, -0.2) is 24.9 Å². The zero-order chi connectivity index (χ0) is 12.8. The van der Waals surface area contributed by atoms with E-state index in [9.17, 15) is 4.79 Å². The van der Waals surface area contributed by atoms with Gasteiger partial charge in [-0.05, 0) is 19.9 Å². The Balaban J connectivity index is 3.20. The third-order valence-electron chi connectivity index (χ3n) is 2.06. The van der Waals surface area contributed by atoms with Crippen molar-refractivity contribution in [2.24, 2.45) is 0 Å². The highest BCUT2D eigenvalue weighted by molar-refractivity contribution is 6.34. The summed E-state index contributed by atoms with van der Waals surface area (Å²) in [6.07, 6.45) is 0. The fourth-order valence-electron chi connectivity index (χ4n) is 1.37. The molecule has 1 aromatic carbocycles. The molecule has 17 heavy (non-hydrogen) atoms. The quantitative estimate of drug-likeness (QED) is 0.589. The molecular formula is C12H14Cl2O3. The van der Waals surface area contributed by atoms with Crippen molar-refractivity contribution in [2.75, 3.05) is 19.1 Å². The van der Waals surface area contributed by atoms with Gasteiger partial charge in [0.05, 0.1) is 29.7 Å². The second-order valence-corrected chi connectivity index (χ2v) is 3.88. The van der Waals surface area contributed by atoms with E-state index in [1.165, 1.54) is 6.07 Å². The minimum atomic E-state index is -0.222. The third-order valence-corrected chi connectivity index (χ3v) is 2.59. The van der Waals surface area contributed by atoms with Crippen molar-refractivity contribution in [3.63, 3.8) is 0 Å². The Morgan fingerprint density at radius 1 is 1.18 bits per heavy atom. The lowest BCUT2D eigenvalue weighted by Crippen LogP contribution is -2.06. The van der Waals surface area contributed by atoms with Crippen LogP contribution in [0.2, 0.25) is 5.02 Å². The van der Waals surface area contributed by atoms with E-state index in [2.05, 4.69) is 0 Å². The van der Waals surface area contributed by atoms with E-state index in [0.29, 0.717) is 35.3 Å². The summed E-state index contributed by atoms with van der Waals surface area (Å²) in [5.74, 6) is 0.625. The van der Waals surface area contributed by atoms with Crippen LogP contribution in [0.15, 0.2) is 12.1 Å². The van der Waals surface area contributed by atoms with Crippen molar-refractivity contribution >= 4 is 29.0 Å². The van der Waals surface area contributed by atoms with Crippen LogP contribution in [0.5, 0.6) is 11.5 Å². The minimum absolute atomic E-state index is 0.107. The normalized spacial score (nSPS) is 10.1. The first-order chi connectivity index (χ1) is 8.13. The summed E-state index contributed by atoms with van der Waals surface area (Å²) in [6, 6.07) is 3.15. The van der Waals surface area contributed by atoms with Gasteiger partial charge < -0.3 is 9.47 Å². The van der Waals surface area contributed by atoms with Gasteiger partial charge >= 0.3 is 0 Å². The fourth-order valence-corrected chi connectivity index (χ4v) is 1.73. The number of alkyl halides is 1. The Labute approximate surface area is 111 Å². The number of benzene rings is 1. The zero-order valence-corrected chi connectivity index (χ0v) is 11.3. The molecule has 3 nitrogen and oxygen atoms in total. The summed E-state index contributed by atoms with van der Waals surface area (Å²) in [5, 5.41) is 0.378. The number of ketones is 1. The van der Waals surface area contributed by atoms with Crippen LogP contribution in [-0.2, 0) is 0 Å². The number of ether oxygens (including phenoxy) is 2. The lowest BCUT2D eigenvalue weighted by Gasteiger charge is -2.12. The number of halogens is 2. The van der Waals surface area contributed by atoms with Crippen molar-refractivity contribution in [3.05, 3.63) is 22.7 Å². The van der Waals surface area contributed by atoms with Gasteiger partial charge in [0.1, 0.15) is 11.5 Å². The van der Waals surface area contributed by atoms with E-state index in [-0.39, 0.29) is 11.7 Å². The van der Waals surface area contributed by atoms with E-state index in [0.717, 1.165) is 0 Å². The molecule has 0 aliphatic carbocycles. The summed E-state index contributed by atoms with van der Waals surface area (Å²) in [4.78, 5) is 11.6. The van der Waals surface area contributed by atoms with Crippen LogP contribution in [0.25, 0.3) is 0 Å². The minimum Gasteiger partial charge on any atom is -0.493 e. The number of hydrogen-bond acceptors (Lipinski definition) is 3. The Kier molecular flexibility index (Phi) is 5.59. The van der Waals surface area contributed by atoms with E-state index in [1.54, 1.807) is 6.07 Å². The highest BCUT2D eigenvalue weighted by atomic mass is 35.5. The van der Waals surface area contributed by atoms with Crippen LogP contribution in [0.4, 0.5) is 0 Å². The summed E-state index contributed by atoms with van der Waals surface area (Å²) >= 11 is 11.5. The van der Waals surface area contributed by atoms with Crippen LogP contribution >= 0.6 is 23.2 Å². The molecule has 0 saturated heterocycles. The van der Waals surface area contributed by atoms with Gasteiger partial charge in [0.25, 0.3) is 0 Å². The summed E-state index contributed by atoms with van der Waals surface area (Å²) in [7, 11) is 0. The van der Waals surface area contributed by atoms with Crippen molar-refractivity contribution in [2.45, 2.75) is 13.8 Å². The molecule has 0 N–H and O–H groups in total. The third kappa shape index (κ3) is 3.51. The zero-order valence-electron chi connectivity index (χ0n) is 9.76. The van der Waals surface area contributed by atoms with Gasteiger partial charge in [0, 0.05) is 6.07 Å². The van der Waals surface area contributed by atoms with Crippen molar-refractivity contribution in [3.8, 4) is 11.5 Å². The Morgan fingerprint density at radius 3 is 2.29 bits per heavy atom. The van der Waals surface area contributed by atoms with Gasteiger partial charge in [-0.3, -0.25) is 4.79 Å². The molecule has 94 valence electrons. The Bertz CT molecular complexity index is 405. The monoisotopic (exact) mass is 276 g/mol. The summed E-state index contributed by atoms with van der Waals surface area (Å²) < 4.78 is 10.7. The van der Waals surface area contributed by atoms with Crippen molar-refractivity contribution in [1.82, 2.24) is 0 Å². The second-order valence-electron chi connectivity index (χ2n) is 3.20. The van der Waals surface area contributed by atoms with E-state index >= 15 is 0 Å². The topological polar surface area (TPSA) is 35.5 Å². The molecule has 0 atom stereocenters. The molecule has 0 radical (unpaired) electrons. The van der Waals surface area contributed by atoms with Gasteiger partial charge in [-0.15, -0.1) is 11.6 Å². The maximum atomic E-state index is 11.6. The number of rotatable bonds is 6. The van der Waals surface area contributed by atoms with Crippen LogP contribution < -0.4 is 9.47 Å². The molecule has 0 bridgehead atoms. The first-order valence-corrected chi connectivity index (χ1v) is 6.23. The summed E-state index contributed by atoms with van der Waals surface area (Å²) in [5.41, 5.74) is 0.385. The molecule has 1 rings (SSSR count). The molecule has 0 aliphatic rings. The van der Waals surface area contributed by atoms with Gasteiger partial charge in [0.15, 0.2) is 5.78 Å².